The number of nitrogens with zero attached hydrogens (tertiary/aromatic N) is 1. The van der Waals surface area contributed by atoms with Gasteiger partial charge in [-0.2, -0.15) is 0 Å². The van der Waals surface area contributed by atoms with E-state index in [2.05, 4.69) is 4.98 Å². The molecule has 0 saturated carbocycles. The van der Waals surface area contributed by atoms with Gasteiger partial charge in [-0.15, -0.1) is 0 Å². The molecule has 1 aromatic heterocycles. The maximum Gasteiger partial charge on any atom is 0.328 e. The Balaban J connectivity index is 2.48. The van der Waals surface area contributed by atoms with Crippen molar-refractivity contribution in [2.75, 3.05) is 0 Å². The summed E-state index contributed by atoms with van der Waals surface area (Å²) in [5.41, 5.74) is 6.87. The average Bonchev–Trinajstić information content (AvgIpc) is 2.36. The molecule has 5 nitrogen and oxygen atoms in total. The molecule has 0 bridgehead atoms. The highest BCUT2D eigenvalue weighted by Gasteiger charge is 2.07. The van der Waals surface area contributed by atoms with Gasteiger partial charge in [0.15, 0.2) is 0 Å². The first-order valence-electron chi connectivity index (χ1n) is 5.67. The zero-order valence-corrected chi connectivity index (χ0v) is 11.2. The van der Waals surface area contributed by atoms with Crippen molar-refractivity contribution in [1.82, 2.24) is 9.55 Å². The van der Waals surface area contributed by atoms with Crippen LogP contribution in [0, 0.1) is 6.92 Å². The van der Waals surface area contributed by atoms with Gasteiger partial charge in [-0.25, -0.2) is 4.79 Å². The summed E-state index contributed by atoms with van der Waals surface area (Å²) in [6.07, 6.45) is 1.53. The molecular formula is C13H13N3O2S. The third-order valence-electron chi connectivity index (χ3n) is 2.81. The smallest absolute Gasteiger partial charge is 0.328 e. The van der Waals surface area contributed by atoms with E-state index in [-0.39, 0.29) is 10.5 Å². The summed E-state index contributed by atoms with van der Waals surface area (Å²) >= 11 is 4.98. The van der Waals surface area contributed by atoms with Crippen LogP contribution in [-0.4, -0.2) is 14.5 Å². The fourth-order valence-electron chi connectivity index (χ4n) is 1.82. The van der Waals surface area contributed by atoms with E-state index in [1.54, 1.807) is 13.0 Å². The molecule has 3 N–H and O–H groups in total. The third kappa shape index (κ3) is 2.79. The van der Waals surface area contributed by atoms with Crippen molar-refractivity contribution in [1.29, 1.82) is 0 Å². The lowest BCUT2D eigenvalue weighted by molar-refractivity contribution is 0.713. The molecule has 0 amide bonds. The summed E-state index contributed by atoms with van der Waals surface area (Å²) in [6, 6.07) is 7.34. The molecule has 0 radical (unpaired) electrons. The minimum atomic E-state index is -0.451. The van der Waals surface area contributed by atoms with Crippen LogP contribution in [0.5, 0.6) is 0 Å². The van der Waals surface area contributed by atoms with Crippen LogP contribution in [-0.2, 0) is 6.54 Å². The molecule has 1 aromatic carbocycles. The van der Waals surface area contributed by atoms with Crippen LogP contribution in [0.25, 0.3) is 0 Å². The van der Waals surface area contributed by atoms with Gasteiger partial charge in [-0.3, -0.25) is 14.3 Å². The van der Waals surface area contributed by atoms with Crippen LogP contribution in [0.4, 0.5) is 0 Å². The van der Waals surface area contributed by atoms with E-state index in [1.165, 1.54) is 10.8 Å². The molecule has 2 rings (SSSR count). The third-order valence-corrected chi connectivity index (χ3v) is 3.03. The van der Waals surface area contributed by atoms with E-state index in [0.717, 1.165) is 11.1 Å². The van der Waals surface area contributed by atoms with Crippen molar-refractivity contribution in [3.05, 3.63) is 68.0 Å². The van der Waals surface area contributed by atoms with Gasteiger partial charge < -0.3 is 5.73 Å². The van der Waals surface area contributed by atoms with Crippen molar-refractivity contribution in [2.24, 2.45) is 5.73 Å². The SMILES string of the molecule is Cc1cn(Cc2ccccc2C(N)=S)c(=O)[nH]c1=O. The van der Waals surface area contributed by atoms with Crippen molar-refractivity contribution in [3.8, 4) is 0 Å². The first-order valence-corrected chi connectivity index (χ1v) is 6.08. The Bertz CT molecular complexity index is 746. The van der Waals surface area contributed by atoms with E-state index in [1.807, 2.05) is 18.2 Å². The molecule has 0 unspecified atom stereocenters. The Morgan fingerprint density at radius 2 is 2.05 bits per heavy atom. The Morgan fingerprint density at radius 1 is 1.37 bits per heavy atom. The molecule has 0 aliphatic heterocycles. The zero-order chi connectivity index (χ0) is 14.0. The first-order chi connectivity index (χ1) is 8.99. The predicted molar refractivity (Wildman–Crippen MR) is 77.5 cm³/mol. The van der Waals surface area contributed by atoms with Gasteiger partial charge in [0.2, 0.25) is 0 Å². The molecule has 19 heavy (non-hydrogen) atoms. The number of H-pyrrole nitrogens is 1. The average molecular weight is 275 g/mol. The highest BCUT2D eigenvalue weighted by atomic mass is 32.1. The minimum absolute atomic E-state index is 0.282. The number of nitrogens with two attached hydrogens (primary N) is 1. The molecule has 0 spiro atoms. The quantitative estimate of drug-likeness (QED) is 0.801. The number of benzene rings is 1. The lowest BCUT2D eigenvalue weighted by Crippen LogP contribution is -2.31. The van der Waals surface area contributed by atoms with Crippen LogP contribution in [0.3, 0.4) is 0 Å². The van der Waals surface area contributed by atoms with Gasteiger partial charge >= 0.3 is 5.69 Å². The highest BCUT2D eigenvalue weighted by Crippen LogP contribution is 2.09. The van der Waals surface area contributed by atoms with Crippen molar-refractivity contribution in [3.63, 3.8) is 0 Å². The Morgan fingerprint density at radius 3 is 2.74 bits per heavy atom. The molecule has 0 atom stereocenters. The molecular weight excluding hydrogens is 262 g/mol. The van der Waals surface area contributed by atoms with Crippen LogP contribution in [0.15, 0.2) is 40.1 Å². The van der Waals surface area contributed by atoms with Crippen LogP contribution in [0.1, 0.15) is 16.7 Å². The Hall–Kier alpha value is -2.21. The van der Waals surface area contributed by atoms with Gasteiger partial charge in [-0.1, -0.05) is 36.5 Å². The van der Waals surface area contributed by atoms with Gasteiger partial charge in [-0.05, 0) is 12.5 Å². The van der Waals surface area contributed by atoms with E-state index in [9.17, 15) is 9.59 Å². The lowest BCUT2D eigenvalue weighted by Gasteiger charge is -2.10. The van der Waals surface area contributed by atoms with E-state index in [4.69, 9.17) is 18.0 Å². The number of aryl methyl sites for hydroxylation is 1. The van der Waals surface area contributed by atoms with E-state index >= 15 is 0 Å². The number of hydrogen-bond donors (Lipinski definition) is 2. The Labute approximate surface area is 114 Å². The molecule has 98 valence electrons. The number of rotatable bonds is 3. The number of hydrogen-bond acceptors (Lipinski definition) is 3. The summed E-state index contributed by atoms with van der Waals surface area (Å²) in [7, 11) is 0. The van der Waals surface area contributed by atoms with E-state index < -0.39 is 5.69 Å². The maximum atomic E-state index is 11.7. The second-order valence-electron chi connectivity index (χ2n) is 4.22. The summed E-state index contributed by atoms with van der Waals surface area (Å²) in [5.74, 6) is 0. The molecule has 6 heteroatoms. The van der Waals surface area contributed by atoms with Crippen LogP contribution >= 0.6 is 12.2 Å². The normalized spacial score (nSPS) is 10.4. The lowest BCUT2D eigenvalue weighted by atomic mass is 10.1. The topological polar surface area (TPSA) is 80.9 Å². The molecule has 2 aromatic rings. The summed E-state index contributed by atoms with van der Waals surface area (Å²) in [5, 5.41) is 0. The van der Waals surface area contributed by atoms with Crippen molar-refractivity contribution < 1.29 is 0 Å². The van der Waals surface area contributed by atoms with Crippen LogP contribution < -0.4 is 17.0 Å². The molecule has 0 saturated heterocycles. The number of nitrogens with one attached hydrogen (secondary N) is 1. The van der Waals surface area contributed by atoms with E-state index in [0.29, 0.717) is 12.1 Å². The fraction of sp³-hybridized carbons (Fsp3) is 0.154. The monoisotopic (exact) mass is 275 g/mol. The highest BCUT2D eigenvalue weighted by molar-refractivity contribution is 7.80. The van der Waals surface area contributed by atoms with Gasteiger partial charge in [0.25, 0.3) is 5.56 Å². The predicted octanol–water partition coefficient (Wildman–Crippen LogP) is 0.528. The summed E-state index contributed by atoms with van der Waals surface area (Å²) in [4.78, 5) is 25.6. The summed E-state index contributed by atoms with van der Waals surface area (Å²) in [6.45, 7) is 1.96. The second kappa shape index (κ2) is 5.19. The summed E-state index contributed by atoms with van der Waals surface area (Å²) < 4.78 is 1.42. The number of aromatic amines is 1. The van der Waals surface area contributed by atoms with Crippen molar-refractivity contribution in [2.45, 2.75) is 13.5 Å². The Kier molecular flexibility index (Phi) is 3.62. The maximum absolute atomic E-state index is 11.7. The van der Waals surface area contributed by atoms with Crippen LogP contribution in [0.2, 0.25) is 0 Å². The number of thiocarbonyl (C=S) groups is 1. The second-order valence-corrected chi connectivity index (χ2v) is 4.66. The standard InChI is InChI=1S/C13H13N3O2S/c1-8-6-16(13(18)15-12(8)17)7-9-4-2-3-5-10(9)11(14)19/h2-6H,7H2,1H3,(H2,14,19)(H,15,17,18). The van der Waals surface area contributed by atoms with Gasteiger partial charge in [0, 0.05) is 17.3 Å². The molecule has 0 aliphatic rings. The molecule has 1 heterocycles. The number of aromatic nitrogens is 2. The van der Waals surface area contributed by atoms with Gasteiger partial charge in [0.1, 0.15) is 4.99 Å². The van der Waals surface area contributed by atoms with Gasteiger partial charge in [0.05, 0.1) is 6.54 Å². The van der Waals surface area contributed by atoms with Crippen molar-refractivity contribution >= 4 is 17.2 Å². The minimum Gasteiger partial charge on any atom is -0.389 e. The molecule has 0 aliphatic carbocycles. The zero-order valence-electron chi connectivity index (χ0n) is 10.3. The largest absolute Gasteiger partial charge is 0.389 e. The molecule has 0 fully saturated rings. The fourth-order valence-corrected chi connectivity index (χ4v) is 2.02. The first kappa shape index (κ1) is 13.2.